The van der Waals surface area contributed by atoms with E-state index >= 15 is 0 Å². The van der Waals surface area contributed by atoms with Gasteiger partial charge in [0, 0.05) is 23.6 Å². The van der Waals surface area contributed by atoms with E-state index in [2.05, 4.69) is 45.6 Å². The highest BCUT2D eigenvalue weighted by molar-refractivity contribution is 7.99. The van der Waals surface area contributed by atoms with Gasteiger partial charge in [-0.3, -0.25) is 9.36 Å². The standard InChI is InChI=1S/C22H23N5OS/c1-15-7-3-6-10-20(15)27-16(2)25-26-22(27)29-14-21(28)23-12-11-17-13-24-19-9-5-4-8-18(17)19/h3-10,13,24H,11-12,14H2,1-2H3,(H,23,28). The number of aromatic amines is 1. The van der Waals surface area contributed by atoms with Gasteiger partial charge in [0.1, 0.15) is 5.82 Å². The van der Waals surface area contributed by atoms with E-state index < -0.39 is 0 Å². The first-order valence-corrected chi connectivity index (χ1v) is 10.5. The number of carbonyl (C=O) groups is 1. The topological polar surface area (TPSA) is 75.6 Å². The average Bonchev–Trinajstić information content (AvgIpc) is 3.30. The van der Waals surface area contributed by atoms with Crippen molar-refractivity contribution >= 4 is 28.6 Å². The molecular weight excluding hydrogens is 382 g/mol. The molecule has 0 fully saturated rings. The number of para-hydroxylation sites is 2. The fraction of sp³-hybridized carbons (Fsp3) is 0.227. The van der Waals surface area contributed by atoms with Crippen LogP contribution in [0.5, 0.6) is 0 Å². The Hall–Kier alpha value is -3.06. The minimum Gasteiger partial charge on any atom is -0.361 e. The lowest BCUT2D eigenvalue weighted by atomic mass is 10.1. The second-order valence-corrected chi connectivity index (χ2v) is 7.84. The first-order chi connectivity index (χ1) is 14.1. The Morgan fingerprint density at radius 3 is 2.76 bits per heavy atom. The van der Waals surface area contributed by atoms with Crippen LogP contribution in [0, 0.1) is 13.8 Å². The van der Waals surface area contributed by atoms with Crippen LogP contribution in [-0.2, 0) is 11.2 Å². The molecule has 2 heterocycles. The number of nitrogens with zero attached hydrogens (tertiary/aromatic N) is 3. The number of benzene rings is 2. The zero-order chi connectivity index (χ0) is 20.2. The molecule has 1 amide bonds. The van der Waals surface area contributed by atoms with Gasteiger partial charge in [-0.15, -0.1) is 10.2 Å². The summed E-state index contributed by atoms with van der Waals surface area (Å²) >= 11 is 1.40. The molecule has 0 bridgehead atoms. The fourth-order valence-electron chi connectivity index (χ4n) is 3.38. The van der Waals surface area contributed by atoms with Gasteiger partial charge in [-0.25, -0.2) is 0 Å². The lowest BCUT2D eigenvalue weighted by Gasteiger charge is -2.11. The summed E-state index contributed by atoms with van der Waals surface area (Å²) in [5, 5.41) is 13.4. The number of amides is 1. The Balaban J connectivity index is 1.34. The van der Waals surface area contributed by atoms with Crippen LogP contribution in [0.15, 0.2) is 59.9 Å². The first-order valence-electron chi connectivity index (χ1n) is 9.56. The Morgan fingerprint density at radius 2 is 1.90 bits per heavy atom. The maximum atomic E-state index is 12.3. The number of rotatable bonds is 7. The normalized spacial score (nSPS) is 11.1. The third-order valence-corrected chi connectivity index (χ3v) is 5.80. The Bertz CT molecular complexity index is 1150. The van der Waals surface area contributed by atoms with Crippen molar-refractivity contribution in [2.45, 2.75) is 25.4 Å². The van der Waals surface area contributed by atoms with Crippen LogP contribution in [-0.4, -0.2) is 38.0 Å². The van der Waals surface area contributed by atoms with E-state index in [0.717, 1.165) is 34.2 Å². The summed E-state index contributed by atoms with van der Waals surface area (Å²) in [6.45, 7) is 4.58. The fourth-order valence-corrected chi connectivity index (χ4v) is 4.20. The third kappa shape index (κ3) is 4.19. The van der Waals surface area contributed by atoms with Crippen molar-refractivity contribution in [2.75, 3.05) is 12.3 Å². The number of nitrogens with one attached hydrogen (secondary N) is 2. The van der Waals surface area contributed by atoms with Crippen molar-refractivity contribution in [3.63, 3.8) is 0 Å². The predicted molar refractivity (Wildman–Crippen MR) is 117 cm³/mol. The molecule has 0 unspecified atom stereocenters. The second kappa shape index (κ2) is 8.53. The second-order valence-electron chi connectivity index (χ2n) is 6.90. The van der Waals surface area contributed by atoms with Gasteiger partial charge in [0.15, 0.2) is 5.16 Å². The molecule has 4 aromatic rings. The Kier molecular flexibility index (Phi) is 5.67. The lowest BCUT2D eigenvalue weighted by molar-refractivity contribution is -0.118. The minimum atomic E-state index is -0.00757. The number of hydrogen-bond donors (Lipinski definition) is 2. The van der Waals surface area contributed by atoms with Crippen molar-refractivity contribution in [3.8, 4) is 5.69 Å². The molecular formula is C22H23N5OS. The zero-order valence-corrected chi connectivity index (χ0v) is 17.3. The maximum absolute atomic E-state index is 12.3. The van der Waals surface area contributed by atoms with Crippen LogP contribution in [0.4, 0.5) is 0 Å². The van der Waals surface area contributed by atoms with E-state index in [9.17, 15) is 4.79 Å². The predicted octanol–water partition coefficient (Wildman–Crippen LogP) is 3.82. The summed E-state index contributed by atoms with van der Waals surface area (Å²) in [7, 11) is 0. The summed E-state index contributed by atoms with van der Waals surface area (Å²) in [6, 6.07) is 16.3. The smallest absolute Gasteiger partial charge is 0.230 e. The largest absolute Gasteiger partial charge is 0.361 e. The lowest BCUT2D eigenvalue weighted by Crippen LogP contribution is -2.27. The van der Waals surface area contributed by atoms with Crippen molar-refractivity contribution in [3.05, 3.63) is 71.7 Å². The van der Waals surface area contributed by atoms with Crippen molar-refractivity contribution in [1.82, 2.24) is 25.1 Å². The van der Waals surface area contributed by atoms with Crippen LogP contribution in [0.25, 0.3) is 16.6 Å². The SMILES string of the molecule is Cc1ccccc1-n1c(C)nnc1SCC(=O)NCCc1c[nH]c2ccccc12. The van der Waals surface area contributed by atoms with Crippen LogP contribution in [0.1, 0.15) is 17.0 Å². The van der Waals surface area contributed by atoms with Crippen molar-refractivity contribution < 1.29 is 4.79 Å². The van der Waals surface area contributed by atoms with Crippen LogP contribution >= 0.6 is 11.8 Å². The van der Waals surface area contributed by atoms with Crippen LogP contribution in [0.2, 0.25) is 0 Å². The van der Waals surface area contributed by atoms with Gasteiger partial charge in [-0.2, -0.15) is 0 Å². The van der Waals surface area contributed by atoms with Gasteiger partial charge >= 0.3 is 0 Å². The van der Waals surface area contributed by atoms with Gasteiger partial charge in [-0.1, -0.05) is 48.2 Å². The molecule has 29 heavy (non-hydrogen) atoms. The third-order valence-electron chi connectivity index (χ3n) is 4.88. The molecule has 0 spiro atoms. The molecule has 0 radical (unpaired) electrons. The van der Waals surface area contributed by atoms with E-state index in [-0.39, 0.29) is 5.91 Å². The van der Waals surface area contributed by atoms with E-state index in [1.54, 1.807) is 0 Å². The van der Waals surface area contributed by atoms with E-state index in [1.165, 1.54) is 22.7 Å². The van der Waals surface area contributed by atoms with E-state index in [1.807, 2.05) is 48.0 Å². The number of carbonyl (C=O) groups excluding carboxylic acids is 1. The van der Waals surface area contributed by atoms with Crippen LogP contribution < -0.4 is 5.32 Å². The Labute approximate surface area is 173 Å². The molecule has 0 atom stereocenters. The molecule has 2 aromatic heterocycles. The molecule has 0 saturated heterocycles. The van der Waals surface area contributed by atoms with Crippen molar-refractivity contribution in [2.24, 2.45) is 0 Å². The highest BCUT2D eigenvalue weighted by Crippen LogP contribution is 2.23. The van der Waals surface area contributed by atoms with Gasteiger partial charge in [0.25, 0.3) is 0 Å². The number of hydrogen-bond acceptors (Lipinski definition) is 4. The molecule has 0 aliphatic carbocycles. The number of aryl methyl sites for hydroxylation is 2. The summed E-state index contributed by atoms with van der Waals surface area (Å²) in [5.41, 5.74) is 4.51. The maximum Gasteiger partial charge on any atom is 0.230 e. The zero-order valence-electron chi connectivity index (χ0n) is 16.5. The highest BCUT2D eigenvalue weighted by Gasteiger charge is 2.14. The molecule has 7 heteroatoms. The average molecular weight is 406 g/mol. The minimum absolute atomic E-state index is 0.00757. The van der Waals surface area contributed by atoms with Crippen LogP contribution in [0.3, 0.4) is 0 Å². The number of thioether (sulfide) groups is 1. The molecule has 2 N–H and O–H groups in total. The first kappa shape index (κ1) is 19.3. The van der Waals surface area contributed by atoms with E-state index in [4.69, 9.17) is 0 Å². The number of fused-ring (bicyclic) bond motifs is 1. The van der Waals surface area contributed by atoms with Gasteiger partial charge < -0.3 is 10.3 Å². The summed E-state index contributed by atoms with van der Waals surface area (Å²) < 4.78 is 2.00. The Morgan fingerprint density at radius 1 is 1.10 bits per heavy atom. The van der Waals surface area contributed by atoms with Gasteiger partial charge in [0.2, 0.25) is 5.91 Å². The van der Waals surface area contributed by atoms with Gasteiger partial charge in [0.05, 0.1) is 11.4 Å². The highest BCUT2D eigenvalue weighted by atomic mass is 32.2. The van der Waals surface area contributed by atoms with E-state index in [0.29, 0.717) is 12.3 Å². The summed E-state index contributed by atoms with van der Waals surface area (Å²) in [4.78, 5) is 15.6. The molecule has 148 valence electrons. The molecule has 6 nitrogen and oxygen atoms in total. The van der Waals surface area contributed by atoms with Crippen molar-refractivity contribution in [1.29, 1.82) is 0 Å². The molecule has 2 aromatic carbocycles. The summed E-state index contributed by atoms with van der Waals surface area (Å²) in [6.07, 6.45) is 2.80. The monoisotopic (exact) mass is 405 g/mol. The molecule has 4 rings (SSSR count). The van der Waals surface area contributed by atoms with Gasteiger partial charge in [-0.05, 0) is 43.5 Å². The quantitative estimate of drug-likeness (QED) is 0.459. The number of H-pyrrole nitrogens is 1. The molecule has 0 aliphatic rings. The summed E-state index contributed by atoms with van der Waals surface area (Å²) in [5.74, 6) is 1.10. The molecule has 0 aliphatic heterocycles. The number of aromatic nitrogens is 4. The molecule has 0 saturated carbocycles.